The van der Waals surface area contributed by atoms with E-state index in [0.717, 1.165) is 0 Å². The highest BCUT2D eigenvalue weighted by molar-refractivity contribution is 5.28. The molecular formula is C11H20N2O3. The van der Waals surface area contributed by atoms with E-state index in [9.17, 15) is 10.2 Å². The Bertz CT molecular complexity index is 355. The minimum Gasteiger partial charge on any atom is -0.493 e. The summed E-state index contributed by atoms with van der Waals surface area (Å²) in [5.74, 6) is 0.485. The van der Waals surface area contributed by atoms with Crippen LogP contribution in [0.25, 0.3) is 0 Å². The number of aliphatic hydroxyl groups excluding tert-OH is 2. The lowest BCUT2D eigenvalue weighted by atomic mass is 9.85. The molecule has 0 amide bonds. The van der Waals surface area contributed by atoms with E-state index in [1.165, 1.54) is 18.0 Å². The maximum absolute atomic E-state index is 10.1. The van der Waals surface area contributed by atoms with Crippen molar-refractivity contribution in [3.63, 3.8) is 0 Å². The van der Waals surface area contributed by atoms with Gasteiger partial charge in [0.1, 0.15) is 11.8 Å². The number of nitrogens with zero attached hydrogens (tertiary/aromatic N) is 2. The molecule has 1 heterocycles. The molecule has 0 aliphatic carbocycles. The number of aromatic nitrogens is 2. The van der Waals surface area contributed by atoms with Gasteiger partial charge in [-0.1, -0.05) is 20.8 Å². The van der Waals surface area contributed by atoms with Crippen LogP contribution in [0.3, 0.4) is 0 Å². The van der Waals surface area contributed by atoms with Crippen molar-refractivity contribution in [2.75, 3.05) is 7.11 Å². The molecule has 0 saturated carbocycles. The second-order valence-corrected chi connectivity index (χ2v) is 4.98. The van der Waals surface area contributed by atoms with Crippen LogP contribution in [0.1, 0.15) is 32.6 Å². The van der Waals surface area contributed by atoms with Gasteiger partial charge in [-0.25, -0.2) is 0 Å². The van der Waals surface area contributed by atoms with Crippen molar-refractivity contribution in [3.8, 4) is 5.75 Å². The lowest BCUT2D eigenvalue weighted by molar-refractivity contribution is -0.0500. The fourth-order valence-electron chi connectivity index (χ4n) is 1.54. The molecule has 5 nitrogen and oxygen atoms in total. The zero-order valence-electron chi connectivity index (χ0n) is 10.4. The normalized spacial score (nSPS) is 15.9. The van der Waals surface area contributed by atoms with Gasteiger partial charge in [-0.3, -0.25) is 4.68 Å². The first kappa shape index (κ1) is 13.0. The molecule has 0 aromatic carbocycles. The summed E-state index contributed by atoms with van der Waals surface area (Å²) in [6.45, 7) is 5.59. The van der Waals surface area contributed by atoms with E-state index in [1.807, 2.05) is 20.8 Å². The molecule has 0 radical (unpaired) electrons. The van der Waals surface area contributed by atoms with E-state index in [4.69, 9.17) is 4.74 Å². The summed E-state index contributed by atoms with van der Waals surface area (Å²) >= 11 is 0. The average molecular weight is 228 g/mol. The van der Waals surface area contributed by atoms with E-state index in [0.29, 0.717) is 11.4 Å². The van der Waals surface area contributed by atoms with E-state index in [2.05, 4.69) is 5.10 Å². The molecule has 16 heavy (non-hydrogen) atoms. The Morgan fingerprint density at radius 3 is 2.38 bits per heavy atom. The molecule has 2 atom stereocenters. The third-order valence-electron chi connectivity index (χ3n) is 2.64. The van der Waals surface area contributed by atoms with Gasteiger partial charge in [0.05, 0.1) is 19.4 Å². The van der Waals surface area contributed by atoms with Gasteiger partial charge < -0.3 is 14.9 Å². The minimum absolute atomic E-state index is 0.408. The Kier molecular flexibility index (Phi) is 3.60. The third kappa shape index (κ3) is 2.36. The SMILES string of the molecule is COc1cnn(C)c1C(O)C(O)C(C)(C)C. The van der Waals surface area contributed by atoms with E-state index in [1.54, 1.807) is 7.05 Å². The highest BCUT2D eigenvalue weighted by Gasteiger charge is 2.33. The number of hydrogen-bond donors (Lipinski definition) is 2. The van der Waals surface area contributed by atoms with Gasteiger partial charge in [-0.05, 0) is 5.41 Å². The third-order valence-corrected chi connectivity index (χ3v) is 2.64. The van der Waals surface area contributed by atoms with Crippen molar-refractivity contribution >= 4 is 0 Å². The first-order valence-corrected chi connectivity index (χ1v) is 5.21. The molecule has 2 unspecified atom stereocenters. The van der Waals surface area contributed by atoms with Crippen LogP contribution < -0.4 is 4.74 Å². The molecule has 92 valence electrons. The van der Waals surface area contributed by atoms with Crippen LogP contribution in [-0.4, -0.2) is 33.2 Å². The van der Waals surface area contributed by atoms with Crippen LogP contribution in [0.5, 0.6) is 5.75 Å². The monoisotopic (exact) mass is 228 g/mol. The van der Waals surface area contributed by atoms with Crippen LogP contribution in [-0.2, 0) is 7.05 Å². The first-order valence-electron chi connectivity index (χ1n) is 5.21. The van der Waals surface area contributed by atoms with Crippen molar-refractivity contribution in [1.82, 2.24) is 9.78 Å². The molecule has 0 bridgehead atoms. The highest BCUT2D eigenvalue weighted by atomic mass is 16.5. The molecule has 0 saturated heterocycles. The van der Waals surface area contributed by atoms with Gasteiger partial charge in [0.15, 0.2) is 5.75 Å². The molecule has 0 aliphatic heterocycles. The average Bonchev–Trinajstić information content (AvgIpc) is 2.56. The lowest BCUT2D eigenvalue weighted by Crippen LogP contribution is -2.33. The molecule has 0 spiro atoms. The zero-order valence-corrected chi connectivity index (χ0v) is 10.4. The molecule has 1 aromatic heterocycles. The number of rotatable bonds is 3. The topological polar surface area (TPSA) is 67.5 Å². The van der Waals surface area contributed by atoms with Crippen molar-refractivity contribution in [2.24, 2.45) is 12.5 Å². The Labute approximate surface area is 95.7 Å². The second-order valence-electron chi connectivity index (χ2n) is 4.98. The first-order chi connectivity index (χ1) is 7.29. The zero-order chi connectivity index (χ0) is 12.5. The van der Waals surface area contributed by atoms with E-state index in [-0.39, 0.29) is 0 Å². The van der Waals surface area contributed by atoms with Crippen LogP contribution in [0.2, 0.25) is 0 Å². The number of methoxy groups -OCH3 is 1. The summed E-state index contributed by atoms with van der Waals surface area (Å²) in [7, 11) is 3.22. The summed E-state index contributed by atoms with van der Waals surface area (Å²) in [6, 6.07) is 0. The maximum atomic E-state index is 10.1. The van der Waals surface area contributed by atoms with Crippen molar-refractivity contribution in [3.05, 3.63) is 11.9 Å². The van der Waals surface area contributed by atoms with Gasteiger partial charge in [-0.2, -0.15) is 5.10 Å². The lowest BCUT2D eigenvalue weighted by Gasteiger charge is -2.30. The van der Waals surface area contributed by atoms with Gasteiger partial charge in [-0.15, -0.1) is 0 Å². The van der Waals surface area contributed by atoms with Crippen molar-refractivity contribution < 1.29 is 14.9 Å². The number of hydrogen-bond acceptors (Lipinski definition) is 4. The smallest absolute Gasteiger partial charge is 0.162 e. The number of aryl methyl sites for hydroxylation is 1. The molecule has 2 N–H and O–H groups in total. The summed E-state index contributed by atoms with van der Waals surface area (Å²) < 4.78 is 6.61. The maximum Gasteiger partial charge on any atom is 0.162 e. The predicted octanol–water partition coefficient (Wildman–Crippen LogP) is 0.869. The molecule has 1 aromatic rings. The molecular weight excluding hydrogens is 208 g/mol. The highest BCUT2D eigenvalue weighted by Crippen LogP contribution is 2.33. The standard InChI is InChI=1S/C11H20N2O3/c1-11(2,3)10(15)9(14)8-7(16-5)6-12-13(8)4/h6,9-10,14-15H,1-5H3. The Hall–Kier alpha value is -1.07. The molecule has 1 rings (SSSR count). The Morgan fingerprint density at radius 1 is 1.38 bits per heavy atom. The van der Waals surface area contributed by atoms with Crippen molar-refractivity contribution in [1.29, 1.82) is 0 Å². The fraction of sp³-hybridized carbons (Fsp3) is 0.727. The van der Waals surface area contributed by atoms with Crippen LogP contribution >= 0.6 is 0 Å². The Balaban J connectivity index is 3.04. The van der Waals surface area contributed by atoms with E-state index < -0.39 is 17.6 Å². The fourth-order valence-corrected chi connectivity index (χ4v) is 1.54. The van der Waals surface area contributed by atoms with Crippen LogP contribution in [0.15, 0.2) is 6.20 Å². The van der Waals surface area contributed by atoms with E-state index >= 15 is 0 Å². The van der Waals surface area contributed by atoms with Crippen LogP contribution in [0, 0.1) is 5.41 Å². The Morgan fingerprint density at radius 2 is 1.94 bits per heavy atom. The van der Waals surface area contributed by atoms with Gasteiger partial charge in [0.2, 0.25) is 0 Å². The predicted molar refractivity (Wildman–Crippen MR) is 60.2 cm³/mol. The summed E-state index contributed by atoms with van der Waals surface area (Å²) in [6.07, 6.45) is -0.368. The number of ether oxygens (including phenoxy) is 1. The molecule has 0 aliphatic rings. The van der Waals surface area contributed by atoms with Gasteiger partial charge in [0, 0.05) is 7.05 Å². The largest absolute Gasteiger partial charge is 0.493 e. The summed E-state index contributed by atoms with van der Waals surface area (Å²) in [5.41, 5.74) is 0.0826. The van der Waals surface area contributed by atoms with Gasteiger partial charge in [0.25, 0.3) is 0 Å². The summed E-state index contributed by atoms with van der Waals surface area (Å²) in [5, 5.41) is 24.1. The van der Waals surface area contributed by atoms with Crippen molar-refractivity contribution in [2.45, 2.75) is 33.0 Å². The number of aliphatic hydroxyl groups is 2. The molecule has 5 heteroatoms. The minimum atomic E-state index is -1.01. The van der Waals surface area contributed by atoms with Gasteiger partial charge >= 0.3 is 0 Å². The van der Waals surface area contributed by atoms with Crippen LogP contribution in [0.4, 0.5) is 0 Å². The second kappa shape index (κ2) is 4.43. The summed E-state index contributed by atoms with van der Waals surface area (Å²) in [4.78, 5) is 0. The quantitative estimate of drug-likeness (QED) is 0.805. The molecule has 0 fully saturated rings.